The van der Waals surface area contributed by atoms with Crippen LogP contribution in [0.3, 0.4) is 0 Å². The highest BCUT2D eigenvalue weighted by Crippen LogP contribution is 2.32. The molecular weight excluding hydrogens is 426 g/mol. The third-order valence-electron chi connectivity index (χ3n) is 6.12. The third kappa shape index (κ3) is 5.73. The first-order valence-corrected chi connectivity index (χ1v) is 11.0. The maximum Gasteiger partial charge on any atom is 0.252 e. The molecule has 2 aliphatic rings. The van der Waals surface area contributed by atoms with Gasteiger partial charge in [0.2, 0.25) is 11.8 Å². The van der Waals surface area contributed by atoms with Crippen molar-refractivity contribution in [2.24, 2.45) is 17.6 Å². The maximum atomic E-state index is 11.5. The van der Waals surface area contributed by atoms with Gasteiger partial charge in [0.25, 0.3) is 5.91 Å². The minimum Gasteiger partial charge on any atom is -0.496 e. The van der Waals surface area contributed by atoms with Crippen molar-refractivity contribution in [3.05, 3.63) is 35.9 Å². The van der Waals surface area contributed by atoms with E-state index in [0.29, 0.717) is 42.4 Å². The predicted octanol–water partition coefficient (Wildman–Crippen LogP) is 1.35. The van der Waals surface area contributed by atoms with Crippen LogP contribution in [0.25, 0.3) is 10.8 Å². The molecule has 9 nitrogen and oxygen atoms in total. The zero-order chi connectivity index (χ0) is 24.1. The van der Waals surface area contributed by atoms with Crippen molar-refractivity contribution in [2.45, 2.75) is 38.8 Å². The van der Waals surface area contributed by atoms with Crippen LogP contribution in [0.4, 0.5) is 0 Å². The first-order chi connectivity index (χ1) is 15.7. The second-order valence-corrected chi connectivity index (χ2v) is 8.60. The topological polar surface area (TPSA) is 140 Å². The summed E-state index contributed by atoms with van der Waals surface area (Å²) >= 11 is 0. The van der Waals surface area contributed by atoms with E-state index in [-0.39, 0.29) is 36.4 Å². The molecular formula is C24H31N3O6. The van der Waals surface area contributed by atoms with Crippen LogP contribution in [-0.2, 0) is 9.59 Å². The molecule has 2 aromatic rings. The standard InChI is InChI=1S/C18H20N2O4.C6H11NO2/c1-10-6-17(21)20-14(10)9-24-15-5-3-4-11-7-13(18(19)22)16(23-2)8-12(11)15;1-4-2-6(9)7-5(4)3-8/h3-5,7-8,10,14H,6,9H2,1-2H3,(H2,19,22)(H,20,21);4-5,8H,2-3H2,1H3,(H,7,9)/t10-,14-;4-,5-/m11/s1. The number of primary amides is 1. The number of rotatable bonds is 6. The SMILES string of the molecule is COc1cc2c(OC[C@H]3NC(=O)C[C@H]3C)cccc2cc1C(N)=O.C[C@@H]1CC(=O)N[C@@H]1CO. The number of amides is 3. The summed E-state index contributed by atoms with van der Waals surface area (Å²) < 4.78 is 11.2. The summed E-state index contributed by atoms with van der Waals surface area (Å²) in [7, 11) is 1.49. The van der Waals surface area contributed by atoms with Gasteiger partial charge >= 0.3 is 0 Å². The summed E-state index contributed by atoms with van der Waals surface area (Å²) in [6.07, 6.45) is 1.09. The average Bonchev–Trinajstić information content (AvgIpc) is 3.29. The van der Waals surface area contributed by atoms with Crippen molar-refractivity contribution in [3.63, 3.8) is 0 Å². The van der Waals surface area contributed by atoms with Gasteiger partial charge in [0, 0.05) is 18.2 Å². The van der Waals surface area contributed by atoms with Crippen molar-refractivity contribution in [1.82, 2.24) is 10.6 Å². The molecule has 0 spiro atoms. The van der Waals surface area contributed by atoms with Gasteiger partial charge in [0.05, 0.1) is 31.4 Å². The van der Waals surface area contributed by atoms with Crippen LogP contribution in [0.15, 0.2) is 30.3 Å². The molecule has 4 rings (SSSR count). The molecule has 0 unspecified atom stereocenters. The number of aliphatic hydroxyl groups excluding tert-OH is 1. The van der Waals surface area contributed by atoms with E-state index in [1.165, 1.54) is 7.11 Å². The molecule has 3 amide bonds. The number of carbonyl (C=O) groups is 3. The zero-order valence-corrected chi connectivity index (χ0v) is 19.1. The van der Waals surface area contributed by atoms with Gasteiger partial charge in [-0.05, 0) is 35.4 Å². The van der Waals surface area contributed by atoms with E-state index in [0.717, 1.165) is 10.8 Å². The van der Waals surface area contributed by atoms with Gasteiger partial charge in [-0.25, -0.2) is 0 Å². The Labute approximate surface area is 192 Å². The van der Waals surface area contributed by atoms with Crippen LogP contribution in [0.1, 0.15) is 37.0 Å². The smallest absolute Gasteiger partial charge is 0.252 e. The highest BCUT2D eigenvalue weighted by atomic mass is 16.5. The van der Waals surface area contributed by atoms with Gasteiger partial charge in [-0.2, -0.15) is 0 Å². The molecule has 2 aromatic carbocycles. The van der Waals surface area contributed by atoms with Crippen molar-refractivity contribution in [2.75, 3.05) is 20.3 Å². The van der Waals surface area contributed by atoms with Crippen molar-refractivity contribution in [3.8, 4) is 11.5 Å². The fourth-order valence-corrected chi connectivity index (χ4v) is 4.06. The molecule has 2 fully saturated rings. The van der Waals surface area contributed by atoms with Gasteiger partial charge in [0.1, 0.15) is 18.1 Å². The fourth-order valence-electron chi connectivity index (χ4n) is 4.06. The number of aliphatic hydroxyl groups is 1. The summed E-state index contributed by atoms with van der Waals surface area (Å²) in [5.41, 5.74) is 5.73. The Balaban J connectivity index is 0.000000286. The highest BCUT2D eigenvalue weighted by molar-refractivity contribution is 6.02. The Kier molecular flexibility index (Phi) is 7.75. The number of hydrogen-bond acceptors (Lipinski definition) is 6. The lowest BCUT2D eigenvalue weighted by molar-refractivity contribution is -0.120. The summed E-state index contributed by atoms with van der Waals surface area (Å²) in [4.78, 5) is 33.6. The minimum absolute atomic E-state index is 0.000422. The first kappa shape index (κ1) is 24.3. The fraction of sp³-hybridized carbons (Fsp3) is 0.458. The van der Waals surface area contributed by atoms with E-state index >= 15 is 0 Å². The van der Waals surface area contributed by atoms with E-state index in [4.69, 9.17) is 20.3 Å². The number of fused-ring (bicyclic) bond motifs is 1. The molecule has 178 valence electrons. The Morgan fingerprint density at radius 1 is 1.06 bits per heavy atom. The lowest BCUT2D eigenvalue weighted by Gasteiger charge is -2.17. The van der Waals surface area contributed by atoms with Crippen molar-refractivity contribution >= 4 is 28.5 Å². The molecule has 0 radical (unpaired) electrons. The van der Waals surface area contributed by atoms with E-state index in [1.54, 1.807) is 12.1 Å². The minimum atomic E-state index is -0.539. The molecule has 9 heteroatoms. The lowest BCUT2D eigenvalue weighted by atomic mass is 10.0. The van der Waals surface area contributed by atoms with Gasteiger partial charge in [-0.3, -0.25) is 14.4 Å². The van der Waals surface area contributed by atoms with Crippen LogP contribution in [-0.4, -0.2) is 55.2 Å². The van der Waals surface area contributed by atoms with Gasteiger partial charge in [-0.15, -0.1) is 0 Å². The van der Waals surface area contributed by atoms with E-state index in [2.05, 4.69) is 10.6 Å². The highest BCUT2D eigenvalue weighted by Gasteiger charge is 2.29. The van der Waals surface area contributed by atoms with E-state index < -0.39 is 5.91 Å². The summed E-state index contributed by atoms with van der Waals surface area (Å²) in [6.45, 7) is 4.44. The summed E-state index contributed by atoms with van der Waals surface area (Å²) in [6, 6.07) is 9.04. The van der Waals surface area contributed by atoms with E-state index in [1.807, 2.05) is 32.0 Å². The molecule has 2 saturated heterocycles. The summed E-state index contributed by atoms with van der Waals surface area (Å²) in [5, 5.41) is 15.9. The molecule has 0 aromatic heterocycles. The van der Waals surface area contributed by atoms with Crippen LogP contribution in [0, 0.1) is 11.8 Å². The number of benzene rings is 2. The first-order valence-electron chi connectivity index (χ1n) is 11.0. The van der Waals surface area contributed by atoms with Crippen LogP contribution in [0.5, 0.6) is 11.5 Å². The molecule has 2 aliphatic heterocycles. The Morgan fingerprint density at radius 2 is 1.70 bits per heavy atom. The molecule has 4 atom stereocenters. The summed E-state index contributed by atoms with van der Waals surface area (Å²) in [5.74, 6) is 1.20. The molecule has 0 saturated carbocycles. The number of carbonyl (C=O) groups excluding carboxylic acids is 3. The number of methoxy groups -OCH3 is 1. The zero-order valence-electron chi connectivity index (χ0n) is 19.1. The number of ether oxygens (including phenoxy) is 2. The normalized spacial score (nSPS) is 24.0. The molecule has 2 heterocycles. The Bertz CT molecular complexity index is 1040. The van der Waals surface area contributed by atoms with Crippen molar-refractivity contribution < 1.29 is 29.0 Å². The third-order valence-corrected chi connectivity index (χ3v) is 6.12. The van der Waals surface area contributed by atoms with Gasteiger partial charge < -0.3 is 30.9 Å². The second-order valence-electron chi connectivity index (χ2n) is 8.60. The van der Waals surface area contributed by atoms with E-state index in [9.17, 15) is 14.4 Å². The second kappa shape index (κ2) is 10.5. The number of nitrogens with one attached hydrogen (secondary N) is 2. The number of hydrogen-bond donors (Lipinski definition) is 4. The van der Waals surface area contributed by atoms with Crippen LogP contribution in [0.2, 0.25) is 0 Å². The number of nitrogens with two attached hydrogens (primary N) is 1. The Hall–Kier alpha value is -3.33. The molecule has 0 aliphatic carbocycles. The van der Waals surface area contributed by atoms with Crippen molar-refractivity contribution in [1.29, 1.82) is 0 Å². The molecule has 33 heavy (non-hydrogen) atoms. The van der Waals surface area contributed by atoms with Crippen LogP contribution >= 0.6 is 0 Å². The Morgan fingerprint density at radius 3 is 2.18 bits per heavy atom. The monoisotopic (exact) mass is 457 g/mol. The largest absolute Gasteiger partial charge is 0.496 e. The quantitative estimate of drug-likeness (QED) is 0.516. The maximum absolute atomic E-state index is 11.5. The van der Waals surface area contributed by atoms with Gasteiger partial charge in [0.15, 0.2) is 0 Å². The van der Waals surface area contributed by atoms with Gasteiger partial charge in [-0.1, -0.05) is 26.0 Å². The average molecular weight is 458 g/mol. The predicted molar refractivity (Wildman–Crippen MR) is 123 cm³/mol. The molecule has 0 bridgehead atoms. The lowest BCUT2D eigenvalue weighted by Crippen LogP contribution is -2.34. The molecule has 5 N–H and O–H groups in total. The van der Waals surface area contributed by atoms with Crippen LogP contribution < -0.4 is 25.8 Å².